The molecule has 1 aliphatic rings. The SMILES string of the molecule is CCOC(=O)C1=C(C)N=c2s/c(=C\c3c(C)n(C)c4ccccc34)c(=O)n2C1c1c(OC)ccc2ccccc12. The monoisotopic (exact) mass is 551 g/mol. The largest absolute Gasteiger partial charge is 0.496 e. The number of benzene rings is 3. The summed E-state index contributed by atoms with van der Waals surface area (Å²) in [6.07, 6.45) is 1.95. The Bertz CT molecular complexity index is 2040. The average molecular weight is 552 g/mol. The van der Waals surface area contributed by atoms with Crippen molar-refractivity contribution in [1.29, 1.82) is 0 Å². The molecule has 1 unspecified atom stereocenters. The van der Waals surface area contributed by atoms with Crippen LogP contribution in [0.4, 0.5) is 0 Å². The van der Waals surface area contributed by atoms with Gasteiger partial charge in [0.15, 0.2) is 4.80 Å². The summed E-state index contributed by atoms with van der Waals surface area (Å²) in [4.78, 5) is 33.0. The number of hydrogen-bond donors (Lipinski definition) is 0. The second-order valence-electron chi connectivity index (χ2n) is 9.78. The molecule has 40 heavy (non-hydrogen) atoms. The van der Waals surface area contributed by atoms with Crippen LogP contribution >= 0.6 is 11.3 Å². The number of fused-ring (bicyclic) bond motifs is 3. The lowest BCUT2D eigenvalue weighted by atomic mass is 9.90. The molecule has 0 bridgehead atoms. The Hall–Kier alpha value is -4.43. The molecule has 0 saturated carbocycles. The average Bonchev–Trinajstić information content (AvgIpc) is 3.40. The third kappa shape index (κ3) is 3.90. The molecule has 5 aromatic rings. The molecule has 0 N–H and O–H groups in total. The highest BCUT2D eigenvalue weighted by Crippen LogP contribution is 2.40. The molecule has 0 amide bonds. The first-order valence-corrected chi connectivity index (χ1v) is 14.0. The van der Waals surface area contributed by atoms with Crippen LogP contribution in [-0.4, -0.2) is 28.8 Å². The van der Waals surface area contributed by atoms with E-state index in [2.05, 4.69) is 23.6 Å². The van der Waals surface area contributed by atoms with Crippen LogP contribution in [0.2, 0.25) is 0 Å². The molecule has 1 atom stereocenters. The van der Waals surface area contributed by atoms with Crippen molar-refractivity contribution in [3.8, 4) is 5.75 Å². The highest BCUT2D eigenvalue weighted by Gasteiger charge is 2.36. The van der Waals surface area contributed by atoms with Gasteiger partial charge in [-0.3, -0.25) is 9.36 Å². The van der Waals surface area contributed by atoms with Gasteiger partial charge in [0.2, 0.25) is 0 Å². The van der Waals surface area contributed by atoms with E-state index in [0.717, 1.165) is 38.5 Å². The molecule has 202 valence electrons. The summed E-state index contributed by atoms with van der Waals surface area (Å²) >= 11 is 1.32. The summed E-state index contributed by atoms with van der Waals surface area (Å²) in [6, 6.07) is 19.1. The number of allylic oxidation sites excluding steroid dienone is 1. The molecular weight excluding hydrogens is 522 g/mol. The molecule has 3 heterocycles. The van der Waals surface area contributed by atoms with Crippen molar-refractivity contribution in [3.05, 3.63) is 108 Å². The van der Waals surface area contributed by atoms with E-state index in [1.807, 2.05) is 61.7 Å². The van der Waals surface area contributed by atoms with Gasteiger partial charge in [-0.2, -0.15) is 0 Å². The van der Waals surface area contributed by atoms with Gasteiger partial charge in [-0.1, -0.05) is 59.9 Å². The zero-order valence-corrected chi connectivity index (χ0v) is 23.8. The molecule has 1 aliphatic heterocycles. The van der Waals surface area contributed by atoms with E-state index in [9.17, 15) is 9.59 Å². The number of rotatable bonds is 5. The Morgan fingerprint density at radius 2 is 1.77 bits per heavy atom. The van der Waals surface area contributed by atoms with E-state index in [1.165, 1.54) is 11.3 Å². The van der Waals surface area contributed by atoms with Gasteiger partial charge in [0.1, 0.15) is 11.8 Å². The number of carbonyl (C=O) groups excluding carboxylic acids is 1. The van der Waals surface area contributed by atoms with Gasteiger partial charge in [0.05, 0.1) is 29.5 Å². The van der Waals surface area contributed by atoms with Crippen molar-refractivity contribution in [2.24, 2.45) is 12.0 Å². The number of para-hydroxylation sites is 1. The maximum absolute atomic E-state index is 14.3. The van der Waals surface area contributed by atoms with Crippen LogP contribution in [0.5, 0.6) is 5.75 Å². The number of thiazole rings is 1. The Balaban J connectivity index is 1.69. The highest BCUT2D eigenvalue weighted by molar-refractivity contribution is 7.07. The number of esters is 1. The summed E-state index contributed by atoms with van der Waals surface area (Å²) in [7, 11) is 3.62. The maximum Gasteiger partial charge on any atom is 0.338 e. The summed E-state index contributed by atoms with van der Waals surface area (Å²) in [5, 5.41) is 2.94. The summed E-state index contributed by atoms with van der Waals surface area (Å²) in [6.45, 7) is 5.82. The van der Waals surface area contributed by atoms with E-state index in [-0.39, 0.29) is 12.2 Å². The smallest absolute Gasteiger partial charge is 0.338 e. The van der Waals surface area contributed by atoms with Crippen molar-refractivity contribution in [2.45, 2.75) is 26.8 Å². The zero-order valence-electron chi connectivity index (χ0n) is 23.0. The standard InChI is InChI=1S/C32H29N3O4S/c1-6-39-31(37)27-18(2)33-32-35(29(27)28-21-12-8-7-11-20(21)15-16-25(28)38-5)30(36)26(40-32)17-23-19(3)34(4)24-14-10-9-13-22(23)24/h7-17,29H,6H2,1-5H3/b26-17-. The number of aryl methyl sites for hydroxylation is 1. The molecule has 2 aromatic heterocycles. The fourth-order valence-corrected chi connectivity index (χ4v) is 6.69. The topological polar surface area (TPSA) is 74.8 Å². The van der Waals surface area contributed by atoms with E-state index < -0.39 is 12.0 Å². The quantitative estimate of drug-likeness (QED) is 0.295. The van der Waals surface area contributed by atoms with E-state index in [4.69, 9.17) is 14.5 Å². The Morgan fingerprint density at radius 3 is 2.52 bits per heavy atom. The second kappa shape index (κ2) is 9.95. The van der Waals surface area contributed by atoms with Gasteiger partial charge >= 0.3 is 5.97 Å². The number of hydrogen-bond acceptors (Lipinski definition) is 6. The van der Waals surface area contributed by atoms with Gasteiger partial charge in [-0.05, 0) is 49.8 Å². The minimum Gasteiger partial charge on any atom is -0.496 e. The first kappa shape index (κ1) is 25.8. The predicted octanol–water partition coefficient (Wildman–Crippen LogP) is 4.76. The lowest BCUT2D eigenvalue weighted by Gasteiger charge is -2.27. The number of aromatic nitrogens is 2. The molecule has 0 saturated heterocycles. The van der Waals surface area contributed by atoms with Crippen molar-refractivity contribution in [3.63, 3.8) is 0 Å². The predicted molar refractivity (Wildman–Crippen MR) is 159 cm³/mol. The molecule has 6 rings (SSSR count). The molecule has 0 aliphatic carbocycles. The van der Waals surface area contributed by atoms with Crippen molar-refractivity contribution < 1.29 is 14.3 Å². The number of methoxy groups -OCH3 is 1. The van der Waals surface area contributed by atoms with Crippen molar-refractivity contribution >= 4 is 45.1 Å². The normalized spacial score (nSPS) is 15.4. The Kier molecular flexibility index (Phi) is 6.43. The maximum atomic E-state index is 14.3. The van der Waals surface area contributed by atoms with E-state index in [1.54, 1.807) is 25.5 Å². The number of ether oxygens (including phenoxy) is 2. The number of carbonyl (C=O) groups is 1. The summed E-state index contributed by atoms with van der Waals surface area (Å²) in [5.41, 5.74) is 4.51. The number of nitrogens with zero attached hydrogens (tertiary/aromatic N) is 3. The fourth-order valence-electron chi connectivity index (χ4n) is 5.66. The molecule has 0 radical (unpaired) electrons. The molecule has 3 aromatic carbocycles. The zero-order chi connectivity index (χ0) is 28.1. The van der Waals surface area contributed by atoms with E-state index in [0.29, 0.717) is 26.4 Å². The molecular formula is C32H29N3O4S. The third-order valence-corrected chi connectivity index (χ3v) is 8.65. The van der Waals surface area contributed by atoms with Crippen LogP contribution in [-0.2, 0) is 16.6 Å². The molecule has 8 heteroatoms. The van der Waals surface area contributed by atoms with Gasteiger partial charge in [-0.25, -0.2) is 9.79 Å². The van der Waals surface area contributed by atoms with Crippen molar-refractivity contribution in [1.82, 2.24) is 9.13 Å². The second-order valence-corrected chi connectivity index (χ2v) is 10.8. The molecule has 7 nitrogen and oxygen atoms in total. The summed E-state index contributed by atoms with van der Waals surface area (Å²) in [5.74, 6) is 0.0857. The van der Waals surface area contributed by atoms with Gasteiger partial charge in [0, 0.05) is 34.8 Å². The van der Waals surface area contributed by atoms with Crippen LogP contribution in [0.15, 0.2) is 81.7 Å². The van der Waals surface area contributed by atoms with Crippen LogP contribution < -0.4 is 19.6 Å². The minimum atomic E-state index is -0.771. The Labute approximate surface area is 234 Å². The first-order valence-electron chi connectivity index (χ1n) is 13.1. The van der Waals surface area contributed by atoms with Crippen LogP contribution in [0.1, 0.15) is 36.7 Å². The Morgan fingerprint density at radius 1 is 1.05 bits per heavy atom. The van der Waals surface area contributed by atoms with Crippen LogP contribution in [0.25, 0.3) is 27.8 Å². The molecule has 0 fully saturated rings. The van der Waals surface area contributed by atoms with Crippen LogP contribution in [0.3, 0.4) is 0 Å². The first-order chi connectivity index (χ1) is 19.3. The van der Waals surface area contributed by atoms with Crippen LogP contribution in [0, 0.1) is 6.92 Å². The molecule has 0 spiro atoms. The highest BCUT2D eigenvalue weighted by atomic mass is 32.1. The van der Waals surface area contributed by atoms with Gasteiger partial charge < -0.3 is 14.0 Å². The lowest BCUT2D eigenvalue weighted by molar-refractivity contribution is -0.139. The fraction of sp³-hybridized carbons (Fsp3) is 0.219. The third-order valence-electron chi connectivity index (χ3n) is 7.66. The lowest BCUT2D eigenvalue weighted by Crippen LogP contribution is -2.40. The summed E-state index contributed by atoms with van der Waals surface area (Å²) < 4.78 is 15.6. The van der Waals surface area contributed by atoms with E-state index >= 15 is 0 Å². The minimum absolute atomic E-state index is 0.208. The van der Waals surface area contributed by atoms with Crippen molar-refractivity contribution in [2.75, 3.05) is 13.7 Å². The van der Waals surface area contributed by atoms with Gasteiger partial charge in [-0.15, -0.1) is 0 Å². The van der Waals surface area contributed by atoms with Gasteiger partial charge in [0.25, 0.3) is 5.56 Å².